The van der Waals surface area contributed by atoms with Gasteiger partial charge in [-0.2, -0.15) is 13.2 Å². The topological polar surface area (TPSA) is 48.3 Å². The molecule has 0 amide bonds. The van der Waals surface area contributed by atoms with Crippen LogP contribution in [0, 0.1) is 6.92 Å². The van der Waals surface area contributed by atoms with Crippen LogP contribution in [0.2, 0.25) is 5.02 Å². The highest BCUT2D eigenvalue weighted by Gasteiger charge is 2.41. The number of hydrogen-bond donors (Lipinski definition) is 0. The fourth-order valence-corrected chi connectivity index (χ4v) is 3.94. The number of rotatable bonds is 5. The smallest absolute Gasteiger partial charge is 0.432 e. The summed E-state index contributed by atoms with van der Waals surface area (Å²) in [6, 6.07) is 19.0. The number of fused-ring (bicyclic) bond motifs is 1. The zero-order chi connectivity index (χ0) is 24.5. The van der Waals surface area contributed by atoms with E-state index in [9.17, 15) is 22.8 Å². The Kier molecular flexibility index (Phi) is 6.48. The maximum Gasteiger partial charge on any atom is 0.432 e. The van der Waals surface area contributed by atoms with Gasteiger partial charge in [0, 0.05) is 21.5 Å². The van der Waals surface area contributed by atoms with Crippen LogP contribution in [0.3, 0.4) is 0 Å². The molecule has 0 radical (unpaired) electrons. The molecule has 174 valence electrons. The van der Waals surface area contributed by atoms with Crippen molar-refractivity contribution < 1.29 is 27.5 Å². The second kappa shape index (κ2) is 9.35. The van der Waals surface area contributed by atoms with Gasteiger partial charge in [0.15, 0.2) is 0 Å². The molecule has 0 saturated heterocycles. The number of carbonyl (C=O) groups is 2. The van der Waals surface area contributed by atoms with Crippen LogP contribution in [0.1, 0.15) is 32.7 Å². The predicted molar refractivity (Wildman–Crippen MR) is 123 cm³/mol. The fourth-order valence-electron chi connectivity index (χ4n) is 3.81. The first kappa shape index (κ1) is 23.6. The summed E-state index contributed by atoms with van der Waals surface area (Å²) >= 11 is 5.86. The first-order valence-corrected chi connectivity index (χ1v) is 10.7. The van der Waals surface area contributed by atoms with Gasteiger partial charge < -0.3 is 4.74 Å². The van der Waals surface area contributed by atoms with E-state index in [1.807, 2.05) is 0 Å². The van der Waals surface area contributed by atoms with Crippen molar-refractivity contribution in [3.8, 4) is 0 Å². The van der Waals surface area contributed by atoms with Gasteiger partial charge in [0.05, 0.1) is 11.9 Å². The van der Waals surface area contributed by atoms with Crippen molar-refractivity contribution in [3.05, 3.63) is 106 Å². The number of esters is 1. The van der Waals surface area contributed by atoms with Crippen molar-refractivity contribution in [1.82, 2.24) is 4.57 Å². The molecule has 0 atom stereocenters. The van der Waals surface area contributed by atoms with Crippen LogP contribution < -0.4 is 0 Å². The predicted octanol–water partition coefficient (Wildman–Crippen LogP) is 6.60. The molecule has 4 aromatic rings. The molecule has 0 bridgehead atoms. The van der Waals surface area contributed by atoms with Crippen LogP contribution in [0.5, 0.6) is 0 Å². The zero-order valence-corrected chi connectivity index (χ0v) is 18.8. The van der Waals surface area contributed by atoms with Crippen LogP contribution in [-0.2, 0) is 28.7 Å². The van der Waals surface area contributed by atoms with E-state index in [0.717, 1.165) is 0 Å². The SMILES string of the molecule is Cc1ccc2c(c1)c(CC(=O)OCc1ccccc1)c(C(F)(F)F)n2C(=O)c1ccc(Cl)cc1. The lowest BCUT2D eigenvalue weighted by Crippen LogP contribution is -2.22. The van der Waals surface area contributed by atoms with Gasteiger partial charge in [0.1, 0.15) is 12.3 Å². The number of aromatic nitrogens is 1. The molecular weight excluding hydrogens is 467 g/mol. The van der Waals surface area contributed by atoms with E-state index in [1.165, 1.54) is 36.4 Å². The molecule has 0 spiro atoms. The third-order valence-corrected chi connectivity index (χ3v) is 5.61. The van der Waals surface area contributed by atoms with Crippen molar-refractivity contribution in [3.63, 3.8) is 0 Å². The first-order valence-electron chi connectivity index (χ1n) is 10.4. The third kappa shape index (κ3) is 4.84. The molecule has 0 saturated carbocycles. The molecule has 0 aliphatic rings. The summed E-state index contributed by atoms with van der Waals surface area (Å²) in [6.07, 6.45) is -5.54. The zero-order valence-electron chi connectivity index (χ0n) is 18.0. The van der Waals surface area contributed by atoms with Crippen LogP contribution in [0.25, 0.3) is 10.9 Å². The van der Waals surface area contributed by atoms with E-state index in [0.29, 0.717) is 20.7 Å². The number of aryl methyl sites for hydroxylation is 1. The van der Waals surface area contributed by atoms with Crippen molar-refractivity contribution in [2.45, 2.75) is 26.1 Å². The molecule has 8 heteroatoms. The molecule has 3 aromatic carbocycles. The minimum atomic E-state index is -4.90. The molecule has 1 aromatic heterocycles. The highest BCUT2D eigenvalue weighted by molar-refractivity contribution is 6.30. The Labute approximate surface area is 198 Å². The van der Waals surface area contributed by atoms with Gasteiger partial charge in [0.25, 0.3) is 5.91 Å². The van der Waals surface area contributed by atoms with Crippen LogP contribution in [0.4, 0.5) is 13.2 Å². The molecule has 0 aliphatic carbocycles. The molecule has 0 unspecified atom stereocenters. The molecule has 0 fully saturated rings. The lowest BCUT2D eigenvalue weighted by atomic mass is 10.1. The first-order chi connectivity index (χ1) is 16.1. The summed E-state index contributed by atoms with van der Waals surface area (Å²) in [5.74, 6) is -1.70. The molecule has 4 rings (SSSR count). The summed E-state index contributed by atoms with van der Waals surface area (Å²) in [4.78, 5) is 25.8. The number of carbonyl (C=O) groups excluding carboxylic acids is 2. The monoisotopic (exact) mass is 485 g/mol. The summed E-state index contributed by atoms with van der Waals surface area (Å²) in [6.45, 7) is 1.66. The number of benzene rings is 3. The molecular formula is C26H19ClF3NO3. The Morgan fingerprint density at radius 2 is 1.65 bits per heavy atom. The summed E-state index contributed by atoms with van der Waals surface area (Å²) < 4.78 is 48.9. The van der Waals surface area contributed by atoms with E-state index in [4.69, 9.17) is 16.3 Å². The normalized spacial score (nSPS) is 11.6. The Hall–Kier alpha value is -3.58. The molecule has 0 N–H and O–H groups in total. The van der Waals surface area contributed by atoms with Crippen LogP contribution in [0.15, 0.2) is 72.8 Å². The van der Waals surface area contributed by atoms with Gasteiger partial charge in [-0.3, -0.25) is 14.2 Å². The number of nitrogens with zero attached hydrogens (tertiary/aromatic N) is 1. The quantitative estimate of drug-likeness (QED) is 0.299. The summed E-state index contributed by atoms with van der Waals surface area (Å²) in [5, 5.41) is 0.522. The van der Waals surface area contributed by atoms with E-state index in [1.54, 1.807) is 43.3 Å². The average molecular weight is 486 g/mol. The molecule has 1 heterocycles. The van der Waals surface area contributed by atoms with Gasteiger partial charge in [-0.05, 0) is 48.9 Å². The largest absolute Gasteiger partial charge is 0.461 e. The van der Waals surface area contributed by atoms with E-state index in [2.05, 4.69) is 0 Å². The van der Waals surface area contributed by atoms with Crippen LogP contribution in [-0.4, -0.2) is 16.4 Å². The Bertz CT molecular complexity index is 1360. The highest BCUT2D eigenvalue weighted by Crippen LogP contribution is 2.39. The minimum absolute atomic E-state index is 0.0329. The van der Waals surface area contributed by atoms with E-state index < -0.39 is 30.2 Å². The number of halogens is 4. The van der Waals surface area contributed by atoms with Gasteiger partial charge in [-0.1, -0.05) is 53.6 Å². The molecule has 0 aliphatic heterocycles. The Morgan fingerprint density at radius 1 is 0.971 bits per heavy atom. The molecule has 4 nitrogen and oxygen atoms in total. The second-order valence-electron chi connectivity index (χ2n) is 7.82. The van der Waals surface area contributed by atoms with Crippen LogP contribution >= 0.6 is 11.6 Å². The number of ether oxygens (including phenoxy) is 1. The molecule has 34 heavy (non-hydrogen) atoms. The van der Waals surface area contributed by atoms with Gasteiger partial charge in [0.2, 0.25) is 0 Å². The Balaban J connectivity index is 1.80. The second-order valence-corrected chi connectivity index (χ2v) is 8.25. The third-order valence-electron chi connectivity index (χ3n) is 5.35. The van der Waals surface area contributed by atoms with Gasteiger partial charge >= 0.3 is 12.1 Å². The van der Waals surface area contributed by atoms with Crippen molar-refractivity contribution >= 4 is 34.4 Å². The van der Waals surface area contributed by atoms with E-state index >= 15 is 0 Å². The van der Waals surface area contributed by atoms with Crippen molar-refractivity contribution in [1.29, 1.82) is 0 Å². The van der Waals surface area contributed by atoms with Gasteiger partial charge in [-0.15, -0.1) is 0 Å². The number of hydrogen-bond acceptors (Lipinski definition) is 3. The minimum Gasteiger partial charge on any atom is -0.461 e. The maximum absolute atomic E-state index is 14.3. The maximum atomic E-state index is 14.3. The Morgan fingerprint density at radius 3 is 2.29 bits per heavy atom. The van der Waals surface area contributed by atoms with E-state index in [-0.39, 0.29) is 28.6 Å². The average Bonchev–Trinajstić information content (AvgIpc) is 3.12. The van der Waals surface area contributed by atoms with Crippen molar-refractivity contribution in [2.24, 2.45) is 0 Å². The lowest BCUT2D eigenvalue weighted by molar-refractivity contribution is -0.146. The fraction of sp³-hybridized carbons (Fsp3) is 0.154. The van der Waals surface area contributed by atoms with Crippen molar-refractivity contribution in [2.75, 3.05) is 0 Å². The highest BCUT2D eigenvalue weighted by atomic mass is 35.5. The standard InChI is InChI=1S/C26H19ClF3NO3/c1-16-7-12-22-20(13-16)21(14-23(32)34-15-17-5-3-2-4-6-17)24(26(28,29)30)31(22)25(33)18-8-10-19(27)11-9-18/h2-13H,14-15H2,1H3. The summed E-state index contributed by atoms with van der Waals surface area (Å²) in [5.41, 5.74) is 0.00454. The lowest BCUT2D eigenvalue weighted by Gasteiger charge is -2.14. The number of alkyl halides is 3. The van der Waals surface area contributed by atoms with Gasteiger partial charge in [-0.25, -0.2) is 0 Å². The summed E-state index contributed by atoms with van der Waals surface area (Å²) in [7, 11) is 0.